The van der Waals surface area contributed by atoms with Gasteiger partial charge in [-0.25, -0.2) is 0 Å². The fourth-order valence-electron chi connectivity index (χ4n) is 4.71. The van der Waals surface area contributed by atoms with Crippen LogP contribution in [0.1, 0.15) is 41.0 Å². The zero-order valence-corrected chi connectivity index (χ0v) is 21.4. The molecule has 4 aromatic carbocycles. The zero-order valence-electron chi connectivity index (χ0n) is 21.4. The van der Waals surface area contributed by atoms with E-state index in [9.17, 15) is 9.90 Å². The minimum atomic E-state index is -0.797. The molecule has 0 aliphatic rings. The first-order valence-electron chi connectivity index (χ1n) is 12.9. The minimum Gasteiger partial charge on any atom is -0.489 e. The number of hydrogen-bond donors (Lipinski definition) is 1. The zero-order chi connectivity index (χ0) is 25.9. The second kappa shape index (κ2) is 13.4. The normalized spacial score (nSPS) is 12.0. The number of hydrogen-bond acceptors (Lipinski definition) is 3. The van der Waals surface area contributed by atoms with Crippen LogP contribution >= 0.6 is 0 Å². The number of benzene rings is 4. The molecule has 4 heteroatoms. The predicted octanol–water partition coefficient (Wildman–Crippen LogP) is 6.81. The van der Waals surface area contributed by atoms with Crippen molar-refractivity contribution in [1.29, 1.82) is 0 Å². The Morgan fingerprint density at radius 2 is 1.30 bits per heavy atom. The highest BCUT2D eigenvalue weighted by molar-refractivity contribution is 5.73. The molecule has 4 rings (SSSR count). The maximum absolute atomic E-state index is 12.1. The predicted molar refractivity (Wildman–Crippen MR) is 149 cm³/mol. The molecule has 0 spiro atoms. The number of carbonyl (C=O) groups is 1. The summed E-state index contributed by atoms with van der Waals surface area (Å²) in [7, 11) is 1.91. The van der Waals surface area contributed by atoms with Gasteiger partial charge in [-0.15, -0.1) is 0 Å². The lowest BCUT2D eigenvalue weighted by atomic mass is 9.87. The van der Waals surface area contributed by atoms with Crippen molar-refractivity contribution in [2.45, 2.75) is 37.8 Å². The van der Waals surface area contributed by atoms with Gasteiger partial charge in [-0.3, -0.25) is 9.69 Å². The van der Waals surface area contributed by atoms with Crippen LogP contribution in [0.2, 0.25) is 0 Å². The van der Waals surface area contributed by atoms with Crippen LogP contribution in [-0.4, -0.2) is 35.6 Å². The lowest BCUT2D eigenvalue weighted by Gasteiger charge is -2.26. The van der Waals surface area contributed by atoms with Crippen molar-refractivity contribution in [3.8, 4) is 5.75 Å². The first kappa shape index (κ1) is 26.2. The molecule has 0 saturated carbocycles. The quantitative estimate of drug-likeness (QED) is 0.222. The van der Waals surface area contributed by atoms with Gasteiger partial charge in [-0.1, -0.05) is 103 Å². The van der Waals surface area contributed by atoms with E-state index in [1.807, 2.05) is 78.7 Å². The van der Waals surface area contributed by atoms with E-state index in [0.29, 0.717) is 25.5 Å². The second-order valence-corrected chi connectivity index (χ2v) is 9.47. The number of aliphatic carboxylic acids is 1. The van der Waals surface area contributed by atoms with Crippen molar-refractivity contribution >= 4 is 5.97 Å². The van der Waals surface area contributed by atoms with E-state index in [0.717, 1.165) is 29.7 Å². The number of likely N-dealkylation sites (N-methyl/N-ethyl adjacent to an activating group) is 1. The molecule has 4 aromatic rings. The third kappa shape index (κ3) is 7.80. The average molecular weight is 494 g/mol. The van der Waals surface area contributed by atoms with Crippen LogP contribution in [0.4, 0.5) is 0 Å². The molecule has 0 bridgehead atoms. The molecule has 1 unspecified atom stereocenters. The molecule has 0 aromatic heterocycles. The molecule has 1 atom stereocenters. The lowest BCUT2D eigenvalue weighted by molar-refractivity contribution is -0.142. The Morgan fingerprint density at radius 3 is 1.84 bits per heavy atom. The molecule has 0 saturated heterocycles. The Hall–Kier alpha value is -3.89. The van der Waals surface area contributed by atoms with Gasteiger partial charge in [0.15, 0.2) is 0 Å². The molecule has 0 aliphatic carbocycles. The first-order valence-corrected chi connectivity index (χ1v) is 12.9. The van der Waals surface area contributed by atoms with E-state index < -0.39 is 12.0 Å². The van der Waals surface area contributed by atoms with Gasteiger partial charge in [0.25, 0.3) is 0 Å². The van der Waals surface area contributed by atoms with Gasteiger partial charge in [-0.05, 0) is 67.2 Å². The Kier molecular flexibility index (Phi) is 9.50. The molecule has 0 fully saturated rings. The number of carboxylic acid groups (broad SMARTS) is 1. The number of carboxylic acids is 1. The Balaban J connectivity index is 1.33. The first-order chi connectivity index (χ1) is 18.1. The highest BCUT2D eigenvalue weighted by Crippen LogP contribution is 2.29. The van der Waals surface area contributed by atoms with Crippen molar-refractivity contribution in [2.75, 3.05) is 13.6 Å². The van der Waals surface area contributed by atoms with Gasteiger partial charge in [-0.2, -0.15) is 0 Å². The smallest absolute Gasteiger partial charge is 0.321 e. The van der Waals surface area contributed by atoms with Crippen LogP contribution in [0.15, 0.2) is 115 Å². The summed E-state index contributed by atoms with van der Waals surface area (Å²) < 4.78 is 5.87. The molecular formula is C33H35NO3. The van der Waals surface area contributed by atoms with Crippen LogP contribution < -0.4 is 4.74 Å². The summed E-state index contributed by atoms with van der Waals surface area (Å²) in [6.07, 6.45) is 2.31. The van der Waals surface area contributed by atoms with Gasteiger partial charge in [0.2, 0.25) is 0 Å². The fourth-order valence-corrected chi connectivity index (χ4v) is 4.71. The van der Waals surface area contributed by atoms with E-state index >= 15 is 0 Å². The van der Waals surface area contributed by atoms with Crippen molar-refractivity contribution in [3.05, 3.63) is 138 Å². The van der Waals surface area contributed by atoms with Crippen LogP contribution in [0.3, 0.4) is 0 Å². The van der Waals surface area contributed by atoms with Crippen LogP contribution in [0.25, 0.3) is 0 Å². The molecule has 0 amide bonds. The Labute approximate surface area is 220 Å². The highest BCUT2D eigenvalue weighted by Gasteiger charge is 2.23. The Morgan fingerprint density at radius 1 is 0.757 bits per heavy atom. The molecule has 37 heavy (non-hydrogen) atoms. The molecular weight excluding hydrogens is 458 g/mol. The standard InChI is InChI=1S/C33H35NO3/c1-34(23-11-18-31(28-14-7-3-8-15-28)29-16-9-4-10-17-29)32(33(35)36)24-26-19-21-30(22-20-26)37-25-27-12-5-2-6-13-27/h2-10,12-17,19-22,31-32H,11,18,23-25H2,1H3,(H,35,36). The lowest BCUT2D eigenvalue weighted by Crippen LogP contribution is -2.40. The largest absolute Gasteiger partial charge is 0.489 e. The molecule has 0 radical (unpaired) electrons. The highest BCUT2D eigenvalue weighted by atomic mass is 16.5. The van der Waals surface area contributed by atoms with E-state index in [1.165, 1.54) is 11.1 Å². The number of ether oxygens (including phenoxy) is 1. The van der Waals surface area contributed by atoms with Gasteiger partial charge in [0.1, 0.15) is 18.4 Å². The molecule has 190 valence electrons. The monoisotopic (exact) mass is 493 g/mol. The molecule has 0 heterocycles. The third-order valence-electron chi connectivity index (χ3n) is 6.83. The van der Waals surface area contributed by atoms with Crippen LogP contribution in [0, 0.1) is 0 Å². The maximum Gasteiger partial charge on any atom is 0.321 e. The minimum absolute atomic E-state index is 0.294. The maximum atomic E-state index is 12.1. The third-order valence-corrected chi connectivity index (χ3v) is 6.83. The van der Waals surface area contributed by atoms with Gasteiger partial charge < -0.3 is 9.84 Å². The van der Waals surface area contributed by atoms with Crippen LogP contribution in [0.5, 0.6) is 5.75 Å². The molecule has 1 N–H and O–H groups in total. The van der Waals surface area contributed by atoms with Crippen molar-refractivity contribution in [1.82, 2.24) is 4.90 Å². The summed E-state index contributed by atoms with van der Waals surface area (Å²) in [6, 6.07) is 38.3. The number of nitrogens with zero attached hydrogens (tertiary/aromatic N) is 1. The van der Waals surface area contributed by atoms with E-state index in [4.69, 9.17) is 4.74 Å². The Bertz CT molecular complexity index is 1170. The van der Waals surface area contributed by atoms with E-state index in [1.54, 1.807) is 0 Å². The summed E-state index contributed by atoms with van der Waals surface area (Å²) >= 11 is 0. The summed E-state index contributed by atoms with van der Waals surface area (Å²) in [5.74, 6) is 0.276. The SMILES string of the molecule is CN(CCCC(c1ccccc1)c1ccccc1)C(Cc1ccc(OCc2ccccc2)cc1)C(=O)O. The molecule has 0 aliphatic heterocycles. The van der Waals surface area contributed by atoms with Crippen molar-refractivity contribution < 1.29 is 14.6 Å². The van der Waals surface area contributed by atoms with Gasteiger partial charge in [0, 0.05) is 5.92 Å². The fraction of sp³-hybridized carbons (Fsp3) is 0.242. The summed E-state index contributed by atoms with van der Waals surface area (Å²) in [5, 5.41) is 9.97. The number of rotatable bonds is 13. The topological polar surface area (TPSA) is 49.8 Å². The summed E-state index contributed by atoms with van der Waals surface area (Å²) in [4.78, 5) is 14.1. The van der Waals surface area contributed by atoms with Crippen molar-refractivity contribution in [3.63, 3.8) is 0 Å². The summed E-state index contributed by atoms with van der Waals surface area (Å²) in [5.41, 5.74) is 4.68. The van der Waals surface area contributed by atoms with Gasteiger partial charge >= 0.3 is 5.97 Å². The van der Waals surface area contributed by atoms with E-state index in [2.05, 4.69) is 48.5 Å². The van der Waals surface area contributed by atoms with E-state index in [-0.39, 0.29) is 0 Å². The molecule has 4 nitrogen and oxygen atoms in total. The van der Waals surface area contributed by atoms with Crippen LogP contribution in [-0.2, 0) is 17.8 Å². The van der Waals surface area contributed by atoms with Crippen molar-refractivity contribution in [2.24, 2.45) is 0 Å². The second-order valence-electron chi connectivity index (χ2n) is 9.47. The average Bonchev–Trinajstić information content (AvgIpc) is 2.95. The van der Waals surface area contributed by atoms with Gasteiger partial charge in [0.05, 0.1) is 0 Å². The summed E-state index contributed by atoms with van der Waals surface area (Å²) in [6.45, 7) is 1.22.